The molecule has 80 heavy (non-hydrogen) atoms. The van der Waals surface area contributed by atoms with Crippen molar-refractivity contribution in [2.45, 2.75) is 13.8 Å². The summed E-state index contributed by atoms with van der Waals surface area (Å²) in [5, 5.41) is 14.8. The molecule has 6 aromatic carbocycles. The first-order valence-corrected chi connectivity index (χ1v) is 27.8. The first kappa shape index (κ1) is 54.3. The largest absolute Gasteiger partial charge is 0.453 e. The van der Waals surface area contributed by atoms with Gasteiger partial charge in [-0.2, -0.15) is 0 Å². The molecule has 0 bridgehead atoms. The topological polar surface area (TPSA) is 156 Å². The summed E-state index contributed by atoms with van der Waals surface area (Å²) in [4.78, 5) is 27.7. The number of aromatic nitrogens is 4. The molecule has 0 amide bonds. The van der Waals surface area contributed by atoms with E-state index in [1.54, 1.807) is 35.6 Å². The maximum absolute atomic E-state index is 7.65. The molecule has 0 fully saturated rings. The van der Waals surface area contributed by atoms with Gasteiger partial charge < -0.3 is 36.0 Å². The molecule has 13 nitrogen and oxygen atoms in total. The van der Waals surface area contributed by atoms with Crippen LogP contribution in [0.4, 0.5) is 28.4 Å². The van der Waals surface area contributed by atoms with Crippen LogP contribution in [0, 0.1) is 19.3 Å². The van der Waals surface area contributed by atoms with Gasteiger partial charge in [-0.1, -0.05) is 36.4 Å². The summed E-state index contributed by atoms with van der Waals surface area (Å²) in [6, 6.07) is 50.9. The van der Waals surface area contributed by atoms with Crippen LogP contribution in [-0.2, 0) is 0 Å². The van der Waals surface area contributed by atoms with E-state index in [4.69, 9.17) is 36.2 Å². The Kier molecular flexibility index (Phi) is 15.2. The Labute approximate surface area is 473 Å². The number of nitrogens with one attached hydrogen (secondary N) is 1. The van der Waals surface area contributed by atoms with Crippen molar-refractivity contribution in [3.8, 4) is 32.6 Å². The van der Waals surface area contributed by atoms with E-state index in [-0.39, 0.29) is 0 Å². The maximum atomic E-state index is 7.65. The van der Waals surface area contributed by atoms with Crippen LogP contribution in [0.15, 0.2) is 156 Å². The fourth-order valence-corrected chi connectivity index (χ4v) is 11.7. The Morgan fingerprint density at radius 2 is 0.988 bits per heavy atom. The number of rotatable bonds is 3. The van der Waals surface area contributed by atoms with Crippen molar-refractivity contribution in [1.29, 1.82) is 5.41 Å². The second kappa shape index (κ2) is 22.4. The molecule has 0 unspecified atom stereocenters. The minimum absolute atomic E-state index is 0.399. The van der Waals surface area contributed by atoms with Gasteiger partial charge in [0.25, 0.3) is 0 Å². The molecule has 0 atom stereocenters. The molecule has 5 N–H and O–H groups in total. The van der Waals surface area contributed by atoms with Crippen molar-refractivity contribution in [3.63, 3.8) is 0 Å². The quantitative estimate of drug-likeness (QED) is 0.0673. The predicted octanol–water partition coefficient (Wildman–Crippen LogP) is 11.8. The summed E-state index contributed by atoms with van der Waals surface area (Å²) < 4.78 is 12.5. The number of pyridine rings is 1. The van der Waals surface area contributed by atoms with Crippen LogP contribution in [0.1, 0.15) is 11.1 Å². The van der Waals surface area contributed by atoms with Crippen molar-refractivity contribution in [3.05, 3.63) is 179 Å². The van der Waals surface area contributed by atoms with Gasteiger partial charge in [0, 0.05) is 128 Å². The molecule has 3 aliphatic heterocycles. The summed E-state index contributed by atoms with van der Waals surface area (Å²) >= 11 is 3.54. The highest BCUT2D eigenvalue weighted by molar-refractivity contribution is 7.21. The van der Waals surface area contributed by atoms with Gasteiger partial charge in [-0.3, -0.25) is 0 Å². The zero-order valence-electron chi connectivity index (χ0n) is 47.3. The zero-order chi connectivity index (χ0) is 56.7. The Balaban J connectivity index is 0.000000120. The average molecular weight is 1100 g/mol. The fraction of sp³-hybridized carbons (Fsp3) is 0.185. The van der Waals surface area contributed by atoms with Crippen molar-refractivity contribution in [1.82, 2.24) is 29.1 Å². The van der Waals surface area contributed by atoms with Gasteiger partial charge >= 0.3 is 0 Å². The first-order valence-electron chi connectivity index (χ1n) is 26.2. The summed E-state index contributed by atoms with van der Waals surface area (Å²) in [7, 11) is 20.6. The van der Waals surface area contributed by atoms with Crippen LogP contribution in [0.3, 0.4) is 0 Å². The predicted molar refractivity (Wildman–Crippen MR) is 341 cm³/mol. The normalized spacial score (nSPS) is 11.2. The Morgan fingerprint density at radius 1 is 0.475 bits per heavy atom. The highest BCUT2D eigenvalue weighted by Crippen LogP contribution is 2.35. The number of benzene rings is 9. The molecule has 0 saturated carbocycles. The van der Waals surface area contributed by atoms with Crippen molar-refractivity contribution in [2.75, 3.05) is 96.6 Å². The zero-order valence-corrected chi connectivity index (χ0v) is 49.0. The van der Waals surface area contributed by atoms with Gasteiger partial charge in [0.1, 0.15) is 39.4 Å². The van der Waals surface area contributed by atoms with Crippen molar-refractivity contribution < 1.29 is 4.42 Å². The number of aryl methyl sites for hydroxylation is 2. The third-order valence-corrected chi connectivity index (χ3v) is 16.1. The summed E-state index contributed by atoms with van der Waals surface area (Å²) in [5.74, 6) is 0.597. The fourth-order valence-electron chi connectivity index (χ4n) is 9.62. The molecule has 0 spiro atoms. The molecule has 0 radical (unpaired) electrons. The molecule has 15 heteroatoms. The molecule has 0 saturated heterocycles. The third kappa shape index (κ3) is 11.4. The van der Waals surface area contributed by atoms with E-state index in [0.717, 1.165) is 65.8 Å². The van der Waals surface area contributed by atoms with E-state index < -0.39 is 0 Å². The van der Waals surface area contributed by atoms with Gasteiger partial charge in [-0.25, -0.2) is 29.1 Å². The molecule has 402 valence electrons. The second-order valence-corrected chi connectivity index (χ2v) is 23.2. The number of hydrogen-bond donors (Lipinski definition) is 3. The van der Waals surface area contributed by atoms with Gasteiger partial charge in [-0.05, 0) is 105 Å². The van der Waals surface area contributed by atoms with Gasteiger partial charge in [0.15, 0.2) is 11.3 Å². The van der Waals surface area contributed by atoms with E-state index in [1.165, 1.54) is 64.1 Å². The smallest absolute Gasteiger partial charge is 0.203 e. The van der Waals surface area contributed by atoms with Crippen molar-refractivity contribution in [2.24, 2.45) is 0 Å². The van der Waals surface area contributed by atoms with E-state index in [9.17, 15) is 0 Å². The molecule has 4 heterocycles. The monoisotopic (exact) mass is 1090 g/mol. The van der Waals surface area contributed by atoms with Crippen LogP contribution in [0.2, 0.25) is 0 Å². The number of nitrogens with two attached hydrogens (primary N) is 2. The Morgan fingerprint density at radius 3 is 1.54 bits per heavy atom. The highest BCUT2D eigenvalue weighted by Gasteiger charge is 2.16. The van der Waals surface area contributed by atoms with E-state index in [1.807, 2.05) is 82.0 Å². The van der Waals surface area contributed by atoms with Crippen LogP contribution >= 0.6 is 22.7 Å². The van der Waals surface area contributed by atoms with Crippen LogP contribution < -0.4 is 51.4 Å². The minimum Gasteiger partial charge on any atom is -0.453 e. The van der Waals surface area contributed by atoms with Gasteiger partial charge in [0.2, 0.25) is 10.7 Å². The van der Waals surface area contributed by atoms with E-state index >= 15 is 0 Å². The third-order valence-electron chi connectivity index (χ3n) is 13.9. The number of hydrogen-bond acceptors (Lipinski definition) is 13. The standard InChI is InChI=1S/C17H20N3S.C17H19N3.C16H11N3O.C15H15N3S/c1-11-8-14-17(10-15(11)20(4)5)21-16-9-12(19(2)3)6-7-13(16)18-14;1-19(2)14-7-5-12-9-13-6-8-15(20(3)4)11-17(13)18-16(12)10-14;17-9-5-6-13-14(7-9)20-15-8-12(18)10-3-1-2-4-11(10)16(15)19-13;1-9-6-12-15(8-13(9)18(2)3)19-14-7-10(16)4-5-11(14)17-12/h6-10H,1-5H3;5-11H,1-4H3;1-8,17H,18H2;4-8,16H,1-3H3/q+1;;;/p+1. The molecule has 7 aromatic rings. The lowest BCUT2D eigenvalue weighted by atomic mass is 10.1. The second-order valence-electron chi connectivity index (χ2n) is 21.0. The molecule has 3 aliphatic carbocycles. The number of fused-ring (bicyclic) bond motifs is 10. The number of nitrogens with zero attached hydrogens (tertiary/aromatic N) is 9. The lowest BCUT2D eigenvalue weighted by molar-refractivity contribution is 0.613. The average Bonchev–Trinajstić information content (AvgIpc) is 3.44. The molecule has 6 aliphatic rings. The molecule has 1 aromatic heterocycles. The van der Waals surface area contributed by atoms with E-state index in [2.05, 4.69) is 170 Å². The van der Waals surface area contributed by atoms with Crippen LogP contribution in [0.5, 0.6) is 0 Å². The maximum Gasteiger partial charge on any atom is 0.203 e. The lowest BCUT2D eigenvalue weighted by Gasteiger charge is -2.14. The minimum atomic E-state index is 0.399. The van der Waals surface area contributed by atoms with Crippen molar-refractivity contribution >= 4 is 115 Å². The number of nitrogen functional groups attached to an aromatic ring is 2. The Bertz CT molecular complexity index is 4540. The summed E-state index contributed by atoms with van der Waals surface area (Å²) in [5.41, 5.74) is 27.9. The molecular weight excluding hydrogens is 1030 g/mol. The highest BCUT2D eigenvalue weighted by atomic mass is 32.1. The van der Waals surface area contributed by atoms with E-state index in [0.29, 0.717) is 22.4 Å². The summed E-state index contributed by atoms with van der Waals surface area (Å²) in [6.07, 6.45) is 0. The molecule has 13 rings (SSSR count). The van der Waals surface area contributed by atoms with Gasteiger partial charge in [0.05, 0.1) is 58.0 Å². The lowest BCUT2D eigenvalue weighted by Crippen LogP contribution is -2.24. The summed E-state index contributed by atoms with van der Waals surface area (Å²) in [6.45, 7) is 4.26. The van der Waals surface area contributed by atoms with Crippen LogP contribution in [0.25, 0.3) is 96.7 Å². The molecular formula is C65H66N12OS2+2. The number of anilines is 5. The first-order chi connectivity index (χ1) is 38.3. The Hall–Kier alpha value is -9.05. The van der Waals surface area contributed by atoms with Crippen LogP contribution in [-0.4, -0.2) is 90.4 Å². The SMILES string of the molecule is CN(C)c1ccc2cc3ccc(N(C)C)cc3nc2c1.Cc1cc2nc3ccc(N(C)C)cc3sc-2cc1=[N+](C)C.Cc1cc2nc3ccc(N)cc3sc-2cc1=[N+](C)C.N=c1ccc2nc3c(cc(N)c4ccccc43)oc-2c1. The van der Waals surface area contributed by atoms with Gasteiger partial charge in [-0.15, -0.1) is 22.7 Å².